The molecule has 1 heterocycles. The van der Waals surface area contributed by atoms with Crippen molar-refractivity contribution in [2.24, 2.45) is 0 Å². The first kappa shape index (κ1) is 11.3. The summed E-state index contributed by atoms with van der Waals surface area (Å²) in [7, 11) is 1.33. The summed E-state index contributed by atoms with van der Waals surface area (Å²) in [5, 5.41) is 3.19. The average molecular weight is 227 g/mol. The Balaban J connectivity index is 2.30. The number of hydrogen-bond acceptors (Lipinski definition) is 2. The van der Waals surface area contributed by atoms with Crippen LogP contribution < -0.4 is 10.1 Å². The summed E-state index contributed by atoms with van der Waals surface area (Å²) in [6.45, 7) is 1.67. The lowest BCUT2D eigenvalue weighted by molar-refractivity contribution is 0.365. The number of hydrogen-bond donors (Lipinski definition) is 1. The van der Waals surface area contributed by atoms with E-state index < -0.39 is 11.6 Å². The zero-order valence-electron chi connectivity index (χ0n) is 9.22. The van der Waals surface area contributed by atoms with E-state index in [1.54, 1.807) is 6.07 Å². The quantitative estimate of drug-likeness (QED) is 0.837. The molecular weight excluding hydrogens is 212 g/mol. The van der Waals surface area contributed by atoms with Crippen LogP contribution in [0.4, 0.5) is 8.78 Å². The normalized spacial score (nSPS) is 20.8. The third kappa shape index (κ3) is 2.02. The van der Waals surface area contributed by atoms with E-state index in [4.69, 9.17) is 4.74 Å². The standard InChI is InChI=1S/C12H15F2NO/c1-16-10-5-4-9(11(13)12(10)14)8-3-2-6-15-7-8/h4-5,8,15H,2-3,6-7H2,1H3. The highest BCUT2D eigenvalue weighted by atomic mass is 19.2. The highest BCUT2D eigenvalue weighted by Crippen LogP contribution is 2.30. The van der Waals surface area contributed by atoms with Gasteiger partial charge in [0, 0.05) is 6.54 Å². The Morgan fingerprint density at radius 3 is 2.75 bits per heavy atom. The van der Waals surface area contributed by atoms with Crippen molar-refractivity contribution in [3.63, 3.8) is 0 Å². The van der Waals surface area contributed by atoms with Gasteiger partial charge in [0.1, 0.15) is 0 Å². The summed E-state index contributed by atoms with van der Waals surface area (Å²) in [6.07, 6.45) is 1.90. The molecule has 16 heavy (non-hydrogen) atoms. The van der Waals surface area contributed by atoms with Gasteiger partial charge in [-0.25, -0.2) is 4.39 Å². The first-order valence-electron chi connectivity index (χ1n) is 5.46. The van der Waals surface area contributed by atoms with Gasteiger partial charge in [-0.05, 0) is 36.9 Å². The summed E-state index contributed by atoms with van der Waals surface area (Å²) < 4.78 is 32.0. The van der Waals surface area contributed by atoms with Gasteiger partial charge >= 0.3 is 0 Å². The van der Waals surface area contributed by atoms with Crippen LogP contribution in [-0.2, 0) is 0 Å². The lowest BCUT2D eigenvalue weighted by Gasteiger charge is -2.23. The van der Waals surface area contributed by atoms with Crippen LogP contribution in [0.15, 0.2) is 12.1 Å². The van der Waals surface area contributed by atoms with Crippen LogP contribution in [0.1, 0.15) is 24.3 Å². The molecule has 88 valence electrons. The first-order chi connectivity index (χ1) is 7.74. The van der Waals surface area contributed by atoms with Gasteiger partial charge in [-0.3, -0.25) is 0 Å². The fourth-order valence-electron chi connectivity index (χ4n) is 2.14. The molecule has 0 saturated carbocycles. The second-order valence-electron chi connectivity index (χ2n) is 4.03. The lowest BCUT2D eigenvalue weighted by Crippen LogP contribution is -2.29. The van der Waals surface area contributed by atoms with Crippen LogP contribution in [0.3, 0.4) is 0 Å². The van der Waals surface area contributed by atoms with Gasteiger partial charge in [0.2, 0.25) is 5.82 Å². The van der Waals surface area contributed by atoms with Gasteiger partial charge in [-0.15, -0.1) is 0 Å². The molecule has 0 bridgehead atoms. The molecule has 1 aliphatic heterocycles. The van der Waals surface area contributed by atoms with Crippen molar-refractivity contribution in [1.82, 2.24) is 5.32 Å². The van der Waals surface area contributed by atoms with Crippen molar-refractivity contribution >= 4 is 0 Å². The minimum absolute atomic E-state index is 0.0370. The zero-order valence-corrected chi connectivity index (χ0v) is 9.22. The molecule has 1 atom stereocenters. The number of rotatable bonds is 2. The minimum Gasteiger partial charge on any atom is -0.494 e. The Morgan fingerprint density at radius 1 is 1.31 bits per heavy atom. The van der Waals surface area contributed by atoms with Crippen LogP contribution in [0.5, 0.6) is 5.75 Å². The van der Waals surface area contributed by atoms with Crippen molar-refractivity contribution in [1.29, 1.82) is 0 Å². The number of methoxy groups -OCH3 is 1. The Hall–Kier alpha value is -1.16. The van der Waals surface area contributed by atoms with Gasteiger partial charge in [0.25, 0.3) is 0 Å². The molecule has 1 N–H and O–H groups in total. The molecular formula is C12H15F2NO. The summed E-state index contributed by atoms with van der Waals surface area (Å²) >= 11 is 0. The molecule has 4 heteroatoms. The molecule has 1 aromatic rings. The van der Waals surface area contributed by atoms with Gasteiger partial charge in [-0.1, -0.05) is 6.07 Å². The van der Waals surface area contributed by atoms with E-state index in [2.05, 4.69) is 5.32 Å². The van der Waals surface area contributed by atoms with Crippen molar-refractivity contribution in [3.05, 3.63) is 29.3 Å². The summed E-state index contributed by atoms with van der Waals surface area (Å²) in [4.78, 5) is 0. The molecule has 0 aliphatic carbocycles. The smallest absolute Gasteiger partial charge is 0.200 e. The van der Waals surface area contributed by atoms with Crippen molar-refractivity contribution < 1.29 is 13.5 Å². The van der Waals surface area contributed by atoms with E-state index in [1.165, 1.54) is 13.2 Å². The third-order valence-electron chi connectivity index (χ3n) is 3.03. The molecule has 1 saturated heterocycles. The fourth-order valence-corrected chi connectivity index (χ4v) is 2.14. The maximum Gasteiger partial charge on any atom is 0.200 e. The zero-order chi connectivity index (χ0) is 11.5. The predicted molar refractivity (Wildman–Crippen MR) is 57.8 cm³/mol. The average Bonchev–Trinajstić information content (AvgIpc) is 2.34. The minimum atomic E-state index is -0.884. The van der Waals surface area contributed by atoms with Gasteiger partial charge in [-0.2, -0.15) is 4.39 Å². The van der Waals surface area contributed by atoms with Crippen LogP contribution in [-0.4, -0.2) is 20.2 Å². The summed E-state index contributed by atoms with van der Waals surface area (Å²) in [5.74, 6) is -1.63. The molecule has 0 spiro atoms. The van der Waals surface area contributed by atoms with E-state index >= 15 is 0 Å². The summed E-state index contributed by atoms with van der Waals surface area (Å²) in [5.41, 5.74) is 0.450. The van der Waals surface area contributed by atoms with Crippen LogP contribution >= 0.6 is 0 Å². The maximum atomic E-state index is 13.8. The monoisotopic (exact) mass is 227 g/mol. The summed E-state index contributed by atoms with van der Waals surface area (Å²) in [6, 6.07) is 3.11. The second-order valence-corrected chi connectivity index (χ2v) is 4.03. The molecule has 2 nitrogen and oxygen atoms in total. The maximum absolute atomic E-state index is 13.8. The van der Waals surface area contributed by atoms with Crippen LogP contribution in [0.25, 0.3) is 0 Å². The van der Waals surface area contributed by atoms with E-state index in [-0.39, 0.29) is 11.7 Å². The number of piperidine rings is 1. The molecule has 0 amide bonds. The van der Waals surface area contributed by atoms with Crippen molar-refractivity contribution in [2.45, 2.75) is 18.8 Å². The Bertz CT molecular complexity index is 376. The Labute approximate surface area is 93.6 Å². The molecule has 1 unspecified atom stereocenters. The highest BCUT2D eigenvalue weighted by molar-refractivity contribution is 5.33. The third-order valence-corrected chi connectivity index (χ3v) is 3.03. The van der Waals surface area contributed by atoms with Crippen LogP contribution in [0.2, 0.25) is 0 Å². The number of nitrogens with one attached hydrogen (secondary N) is 1. The molecule has 0 radical (unpaired) electrons. The van der Waals surface area contributed by atoms with Crippen molar-refractivity contribution in [2.75, 3.05) is 20.2 Å². The largest absolute Gasteiger partial charge is 0.494 e. The molecule has 1 fully saturated rings. The predicted octanol–water partition coefficient (Wildman–Crippen LogP) is 2.44. The first-order valence-corrected chi connectivity index (χ1v) is 5.46. The second kappa shape index (κ2) is 4.78. The van der Waals surface area contributed by atoms with Gasteiger partial charge in [0.05, 0.1) is 7.11 Å². The number of ether oxygens (including phenoxy) is 1. The van der Waals surface area contributed by atoms with E-state index in [1.807, 2.05) is 0 Å². The Kier molecular flexibility index (Phi) is 3.39. The Morgan fingerprint density at radius 2 is 2.12 bits per heavy atom. The topological polar surface area (TPSA) is 21.3 Å². The molecule has 0 aromatic heterocycles. The lowest BCUT2D eigenvalue weighted by atomic mass is 9.91. The fraction of sp³-hybridized carbons (Fsp3) is 0.500. The molecule has 1 aliphatic rings. The van der Waals surface area contributed by atoms with E-state index in [0.29, 0.717) is 12.1 Å². The molecule has 1 aromatic carbocycles. The van der Waals surface area contributed by atoms with E-state index in [0.717, 1.165) is 19.4 Å². The van der Waals surface area contributed by atoms with Gasteiger partial charge < -0.3 is 10.1 Å². The SMILES string of the molecule is COc1ccc(C2CCCNC2)c(F)c1F. The number of halogens is 2. The van der Waals surface area contributed by atoms with Crippen LogP contribution in [0, 0.1) is 11.6 Å². The molecule has 2 rings (SSSR count). The highest BCUT2D eigenvalue weighted by Gasteiger charge is 2.22. The van der Waals surface area contributed by atoms with Gasteiger partial charge in [0.15, 0.2) is 11.6 Å². The van der Waals surface area contributed by atoms with E-state index in [9.17, 15) is 8.78 Å². The van der Waals surface area contributed by atoms with Crippen molar-refractivity contribution in [3.8, 4) is 5.75 Å². The number of benzene rings is 1.